The van der Waals surface area contributed by atoms with Gasteiger partial charge in [0.2, 0.25) is 0 Å². The Morgan fingerprint density at radius 3 is 2.52 bits per heavy atom. The zero-order valence-electron chi connectivity index (χ0n) is 11.2. The molecule has 2 aromatic rings. The van der Waals surface area contributed by atoms with Crippen molar-refractivity contribution < 1.29 is 4.92 Å². The first kappa shape index (κ1) is 14.8. The van der Waals surface area contributed by atoms with Crippen LogP contribution in [0.1, 0.15) is 24.1 Å². The Bertz CT molecular complexity index is 708. The fraction of sp³-hybridized carbons (Fsp3) is 0.133. The largest absolute Gasteiger partial charge is 0.373 e. The van der Waals surface area contributed by atoms with E-state index in [0.29, 0.717) is 16.3 Å². The molecular formula is C15H12ClN3O2. The second-order valence-electron chi connectivity index (χ2n) is 4.52. The van der Waals surface area contributed by atoms with Crippen molar-refractivity contribution >= 4 is 23.0 Å². The van der Waals surface area contributed by atoms with E-state index in [1.54, 1.807) is 12.1 Å². The summed E-state index contributed by atoms with van der Waals surface area (Å²) in [5, 5.41) is 23.3. The number of halogens is 1. The van der Waals surface area contributed by atoms with Gasteiger partial charge in [-0.05, 0) is 36.8 Å². The molecule has 1 N–H and O–H groups in total. The van der Waals surface area contributed by atoms with Gasteiger partial charge in [-0.1, -0.05) is 23.7 Å². The Morgan fingerprint density at radius 2 is 1.95 bits per heavy atom. The highest BCUT2D eigenvalue weighted by Gasteiger charge is 2.16. The highest BCUT2D eigenvalue weighted by Crippen LogP contribution is 2.30. The van der Waals surface area contributed by atoms with Gasteiger partial charge in [0.25, 0.3) is 5.69 Å². The summed E-state index contributed by atoms with van der Waals surface area (Å²) in [6, 6.07) is 13.3. The summed E-state index contributed by atoms with van der Waals surface area (Å²) >= 11 is 5.89. The summed E-state index contributed by atoms with van der Waals surface area (Å²) in [5.41, 5.74) is 1.83. The van der Waals surface area contributed by atoms with Gasteiger partial charge in [-0.3, -0.25) is 10.1 Å². The van der Waals surface area contributed by atoms with Crippen molar-refractivity contribution in [3.63, 3.8) is 0 Å². The SMILES string of the molecule is CC(Nc1cc(Cl)ccc1[N+](=O)[O-])c1ccc(C#N)cc1. The Morgan fingerprint density at radius 1 is 1.29 bits per heavy atom. The highest BCUT2D eigenvalue weighted by atomic mass is 35.5. The van der Waals surface area contributed by atoms with Crippen LogP contribution in [0.4, 0.5) is 11.4 Å². The fourth-order valence-electron chi connectivity index (χ4n) is 1.95. The maximum atomic E-state index is 11.0. The molecule has 1 unspecified atom stereocenters. The molecule has 106 valence electrons. The number of nitro benzene ring substituents is 1. The molecule has 0 aliphatic carbocycles. The van der Waals surface area contributed by atoms with Crippen molar-refractivity contribution in [1.82, 2.24) is 0 Å². The molecule has 2 rings (SSSR count). The van der Waals surface area contributed by atoms with Crippen molar-refractivity contribution in [2.45, 2.75) is 13.0 Å². The van der Waals surface area contributed by atoms with Crippen molar-refractivity contribution in [2.75, 3.05) is 5.32 Å². The molecule has 0 radical (unpaired) electrons. The number of nitrogens with one attached hydrogen (secondary N) is 1. The van der Waals surface area contributed by atoms with Crippen LogP contribution < -0.4 is 5.32 Å². The van der Waals surface area contributed by atoms with Gasteiger partial charge in [0.1, 0.15) is 5.69 Å². The van der Waals surface area contributed by atoms with Crippen LogP contribution in [-0.2, 0) is 0 Å². The first-order chi connectivity index (χ1) is 10.0. The van der Waals surface area contributed by atoms with E-state index in [1.165, 1.54) is 18.2 Å². The van der Waals surface area contributed by atoms with Gasteiger partial charge in [-0.2, -0.15) is 5.26 Å². The Balaban J connectivity index is 2.26. The molecule has 0 spiro atoms. The van der Waals surface area contributed by atoms with Crippen LogP contribution in [0.2, 0.25) is 5.02 Å². The second-order valence-corrected chi connectivity index (χ2v) is 4.95. The van der Waals surface area contributed by atoms with E-state index in [4.69, 9.17) is 16.9 Å². The van der Waals surface area contributed by atoms with Gasteiger partial charge in [-0.15, -0.1) is 0 Å². The molecule has 2 aromatic carbocycles. The third kappa shape index (κ3) is 3.50. The van der Waals surface area contributed by atoms with Crippen LogP contribution in [0.25, 0.3) is 0 Å². The summed E-state index contributed by atoms with van der Waals surface area (Å²) < 4.78 is 0. The quantitative estimate of drug-likeness (QED) is 0.674. The summed E-state index contributed by atoms with van der Waals surface area (Å²) in [7, 11) is 0. The van der Waals surface area contributed by atoms with Crippen molar-refractivity contribution in [1.29, 1.82) is 5.26 Å². The molecule has 0 aromatic heterocycles. The molecule has 0 bridgehead atoms. The van der Waals surface area contributed by atoms with E-state index in [1.807, 2.05) is 25.1 Å². The maximum absolute atomic E-state index is 11.0. The van der Waals surface area contributed by atoms with Gasteiger partial charge in [0.15, 0.2) is 0 Å². The van der Waals surface area contributed by atoms with E-state index in [9.17, 15) is 10.1 Å². The van der Waals surface area contributed by atoms with Gasteiger partial charge < -0.3 is 5.32 Å². The van der Waals surface area contributed by atoms with Crippen LogP contribution in [0, 0.1) is 21.4 Å². The summed E-state index contributed by atoms with van der Waals surface area (Å²) in [4.78, 5) is 10.6. The predicted molar refractivity (Wildman–Crippen MR) is 81.3 cm³/mol. The number of hydrogen-bond acceptors (Lipinski definition) is 4. The van der Waals surface area contributed by atoms with Crippen LogP contribution in [-0.4, -0.2) is 4.92 Å². The van der Waals surface area contributed by atoms with Gasteiger partial charge in [0, 0.05) is 17.1 Å². The Hall–Kier alpha value is -2.58. The second kappa shape index (κ2) is 6.25. The van der Waals surface area contributed by atoms with Gasteiger partial charge in [0.05, 0.1) is 16.6 Å². The minimum Gasteiger partial charge on any atom is -0.373 e. The smallest absolute Gasteiger partial charge is 0.292 e. The van der Waals surface area contributed by atoms with Crippen LogP contribution in [0.5, 0.6) is 0 Å². The monoisotopic (exact) mass is 301 g/mol. The summed E-state index contributed by atoms with van der Waals surface area (Å²) in [6.07, 6.45) is 0. The average molecular weight is 302 g/mol. The molecule has 0 saturated heterocycles. The normalized spacial score (nSPS) is 11.5. The molecule has 0 fully saturated rings. The number of benzene rings is 2. The molecule has 0 heterocycles. The zero-order valence-corrected chi connectivity index (χ0v) is 12.0. The summed E-state index contributed by atoms with van der Waals surface area (Å²) in [6.45, 7) is 1.88. The molecule has 0 saturated carbocycles. The molecule has 5 nitrogen and oxygen atoms in total. The minimum absolute atomic E-state index is 0.0279. The lowest BCUT2D eigenvalue weighted by atomic mass is 10.1. The van der Waals surface area contributed by atoms with Gasteiger partial charge >= 0.3 is 0 Å². The maximum Gasteiger partial charge on any atom is 0.292 e. The number of anilines is 1. The zero-order chi connectivity index (χ0) is 15.4. The number of nitro groups is 1. The third-order valence-corrected chi connectivity index (χ3v) is 3.30. The van der Waals surface area contributed by atoms with Crippen LogP contribution in [0.15, 0.2) is 42.5 Å². The molecule has 0 aliphatic heterocycles. The third-order valence-electron chi connectivity index (χ3n) is 3.07. The van der Waals surface area contributed by atoms with E-state index in [-0.39, 0.29) is 11.7 Å². The first-order valence-corrected chi connectivity index (χ1v) is 6.59. The Labute approximate surface area is 126 Å². The average Bonchev–Trinajstić information content (AvgIpc) is 2.47. The van der Waals surface area contributed by atoms with Gasteiger partial charge in [-0.25, -0.2) is 0 Å². The van der Waals surface area contributed by atoms with E-state index in [2.05, 4.69) is 5.32 Å². The number of rotatable bonds is 4. The molecule has 0 amide bonds. The molecule has 0 aliphatic rings. The Kier molecular flexibility index (Phi) is 4.41. The van der Waals surface area contributed by atoms with Crippen LogP contribution >= 0.6 is 11.6 Å². The van der Waals surface area contributed by atoms with E-state index in [0.717, 1.165) is 5.56 Å². The minimum atomic E-state index is -0.454. The molecule has 21 heavy (non-hydrogen) atoms. The summed E-state index contributed by atoms with van der Waals surface area (Å²) in [5.74, 6) is 0. The van der Waals surface area contributed by atoms with Crippen LogP contribution in [0.3, 0.4) is 0 Å². The highest BCUT2D eigenvalue weighted by molar-refractivity contribution is 6.31. The molecule has 1 atom stereocenters. The predicted octanol–water partition coefficient (Wildman–Crippen LogP) is 4.29. The standard InChI is InChI=1S/C15H12ClN3O2/c1-10(12-4-2-11(9-17)3-5-12)18-14-8-13(16)6-7-15(14)19(20)21/h2-8,10,18H,1H3. The number of nitriles is 1. The fourth-order valence-corrected chi connectivity index (χ4v) is 2.12. The molecular weight excluding hydrogens is 290 g/mol. The topological polar surface area (TPSA) is 79.0 Å². The lowest BCUT2D eigenvalue weighted by Crippen LogP contribution is -2.08. The first-order valence-electron chi connectivity index (χ1n) is 6.22. The number of nitrogens with zero attached hydrogens (tertiary/aromatic N) is 2. The molecule has 6 heteroatoms. The number of hydrogen-bond donors (Lipinski definition) is 1. The van der Waals surface area contributed by atoms with Crippen molar-refractivity contribution in [2.24, 2.45) is 0 Å². The van der Waals surface area contributed by atoms with Crippen molar-refractivity contribution in [3.05, 3.63) is 68.7 Å². The van der Waals surface area contributed by atoms with E-state index >= 15 is 0 Å². The van der Waals surface area contributed by atoms with E-state index < -0.39 is 4.92 Å². The lowest BCUT2D eigenvalue weighted by molar-refractivity contribution is -0.384. The van der Waals surface area contributed by atoms with Crippen molar-refractivity contribution in [3.8, 4) is 6.07 Å². The lowest BCUT2D eigenvalue weighted by Gasteiger charge is -2.16.